The van der Waals surface area contributed by atoms with Crippen LogP contribution in [0.15, 0.2) is 24.3 Å². The number of nitro groups is 1. The number of carbonyl (C=O) groups is 2. The molecule has 0 aromatic heterocycles. The Kier molecular flexibility index (Phi) is 5.83. The van der Waals surface area contributed by atoms with Crippen molar-refractivity contribution >= 4 is 17.6 Å². The van der Waals surface area contributed by atoms with Crippen molar-refractivity contribution in [1.29, 1.82) is 0 Å². The van der Waals surface area contributed by atoms with Crippen molar-refractivity contribution in [2.75, 3.05) is 0 Å². The summed E-state index contributed by atoms with van der Waals surface area (Å²) in [6.45, 7) is 3.41. The van der Waals surface area contributed by atoms with Crippen LogP contribution in [0.2, 0.25) is 0 Å². The van der Waals surface area contributed by atoms with Crippen LogP contribution in [0.5, 0.6) is 0 Å². The minimum absolute atomic E-state index is 0.0790. The molecule has 1 aromatic rings. The minimum atomic E-state index is -0.981. The average molecular weight is 294 g/mol. The SMILES string of the molecule is CCC(CC(=O)O)NC(=O)C(C)c1cccc([N+](=O)[O-])c1. The van der Waals surface area contributed by atoms with Crippen molar-refractivity contribution in [3.05, 3.63) is 39.9 Å². The van der Waals surface area contributed by atoms with E-state index >= 15 is 0 Å². The topological polar surface area (TPSA) is 110 Å². The molecule has 114 valence electrons. The zero-order valence-electron chi connectivity index (χ0n) is 11.9. The zero-order chi connectivity index (χ0) is 16.0. The van der Waals surface area contributed by atoms with E-state index in [9.17, 15) is 19.7 Å². The molecule has 7 nitrogen and oxygen atoms in total. The van der Waals surface area contributed by atoms with E-state index in [0.717, 1.165) is 0 Å². The summed E-state index contributed by atoms with van der Waals surface area (Å²) in [5.74, 6) is -1.92. The Balaban J connectivity index is 2.80. The first-order chi connectivity index (χ1) is 9.85. The molecule has 1 rings (SSSR count). The number of nitro benzene ring substituents is 1. The van der Waals surface area contributed by atoms with Gasteiger partial charge in [0.15, 0.2) is 0 Å². The lowest BCUT2D eigenvalue weighted by atomic mass is 9.99. The number of benzene rings is 1. The predicted molar refractivity (Wildman–Crippen MR) is 76.0 cm³/mol. The van der Waals surface area contributed by atoms with E-state index in [0.29, 0.717) is 12.0 Å². The maximum atomic E-state index is 12.1. The van der Waals surface area contributed by atoms with Crippen LogP contribution in [0.25, 0.3) is 0 Å². The van der Waals surface area contributed by atoms with E-state index in [1.807, 2.05) is 0 Å². The van der Waals surface area contributed by atoms with Crippen molar-refractivity contribution in [3.63, 3.8) is 0 Å². The Morgan fingerprint density at radius 3 is 2.62 bits per heavy atom. The van der Waals surface area contributed by atoms with Gasteiger partial charge in [-0.2, -0.15) is 0 Å². The number of nitrogens with zero attached hydrogens (tertiary/aromatic N) is 1. The van der Waals surface area contributed by atoms with Gasteiger partial charge in [-0.25, -0.2) is 0 Å². The number of hydrogen-bond acceptors (Lipinski definition) is 4. The van der Waals surface area contributed by atoms with Gasteiger partial charge in [-0.1, -0.05) is 19.1 Å². The molecule has 0 saturated carbocycles. The molecule has 0 saturated heterocycles. The van der Waals surface area contributed by atoms with Crippen LogP contribution in [0.3, 0.4) is 0 Å². The van der Waals surface area contributed by atoms with Crippen molar-refractivity contribution in [3.8, 4) is 0 Å². The van der Waals surface area contributed by atoms with Gasteiger partial charge in [0.2, 0.25) is 5.91 Å². The monoisotopic (exact) mass is 294 g/mol. The van der Waals surface area contributed by atoms with Crippen LogP contribution < -0.4 is 5.32 Å². The Morgan fingerprint density at radius 2 is 2.10 bits per heavy atom. The number of hydrogen-bond donors (Lipinski definition) is 2. The summed E-state index contributed by atoms with van der Waals surface area (Å²) in [4.78, 5) is 33.0. The number of amides is 1. The van der Waals surface area contributed by atoms with Crippen molar-refractivity contribution < 1.29 is 19.6 Å². The molecule has 0 fully saturated rings. The van der Waals surface area contributed by atoms with Gasteiger partial charge in [0.05, 0.1) is 17.3 Å². The molecule has 1 aromatic carbocycles. The normalized spacial score (nSPS) is 13.2. The third-order valence-electron chi connectivity index (χ3n) is 3.23. The van der Waals surface area contributed by atoms with Crippen LogP contribution >= 0.6 is 0 Å². The van der Waals surface area contributed by atoms with E-state index in [4.69, 9.17) is 5.11 Å². The molecule has 0 aliphatic carbocycles. The smallest absolute Gasteiger partial charge is 0.305 e. The molecule has 0 aliphatic heterocycles. The maximum absolute atomic E-state index is 12.1. The number of rotatable bonds is 7. The standard InChI is InChI=1S/C14H18N2O5/c1-3-11(8-13(17)18)15-14(19)9(2)10-5-4-6-12(7-10)16(20)21/h4-7,9,11H,3,8H2,1-2H3,(H,15,19)(H,17,18). The molecule has 2 N–H and O–H groups in total. The first-order valence-electron chi connectivity index (χ1n) is 6.61. The van der Waals surface area contributed by atoms with Crippen LogP contribution in [0.1, 0.15) is 38.2 Å². The maximum Gasteiger partial charge on any atom is 0.305 e. The summed E-state index contributed by atoms with van der Waals surface area (Å²) in [5.41, 5.74) is 0.441. The Labute approximate surface area is 122 Å². The van der Waals surface area contributed by atoms with Gasteiger partial charge >= 0.3 is 5.97 Å². The predicted octanol–water partition coefficient (Wildman–Crippen LogP) is 2.07. The van der Waals surface area contributed by atoms with Crippen molar-refractivity contribution in [2.45, 2.75) is 38.6 Å². The molecule has 2 atom stereocenters. The highest BCUT2D eigenvalue weighted by atomic mass is 16.6. The Bertz CT molecular complexity index is 544. The van der Waals surface area contributed by atoms with Crippen molar-refractivity contribution in [1.82, 2.24) is 5.32 Å². The minimum Gasteiger partial charge on any atom is -0.481 e. The van der Waals surface area contributed by atoms with Gasteiger partial charge in [0, 0.05) is 18.2 Å². The van der Waals surface area contributed by atoms with Gasteiger partial charge in [-0.3, -0.25) is 19.7 Å². The second-order valence-electron chi connectivity index (χ2n) is 4.79. The summed E-state index contributed by atoms with van der Waals surface area (Å²) < 4.78 is 0. The third-order valence-corrected chi connectivity index (χ3v) is 3.23. The summed E-state index contributed by atoms with van der Waals surface area (Å²) in [6, 6.07) is 5.41. The van der Waals surface area contributed by atoms with Crippen LogP contribution in [-0.2, 0) is 9.59 Å². The summed E-state index contributed by atoms with van der Waals surface area (Å²) in [6.07, 6.45) is 0.351. The molecular weight excluding hydrogens is 276 g/mol. The number of carbonyl (C=O) groups excluding carboxylic acids is 1. The lowest BCUT2D eigenvalue weighted by Gasteiger charge is -2.18. The first kappa shape index (κ1) is 16.6. The second kappa shape index (κ2) is 7.37. The highest BCUT2D eigenvalue weighted by molar-refractivity contribution is 5.84. The quantitative estimate of drug-likeness (QED) is 0.591. The lowest BCUT2D eigenvalue weighted by Crippen LogP contribution is -2.38. The highest BCUT2D eigenvalue weighted by Gasteiger charge is 2.21. The van der Waals surface area contributed by atoms with Gasteiger partial charge in [-0.15, -0.1) is 0 Å². The highest BCUT2D eigenvalue weighted by Crippen LogP contribution is 2.21. The van der Waals surface area contributed by atoms with E-state index in [2.05, 4.69) is 5.32 Å². The molecule has 0 bridgehead atoms. The fourth-order valence-corrected chi connectivity index (χ4v) is 1.89. The number of aliphatic carboxylic acids is 1. The Morgan fingerprint density at radius 1 is 1.43 bits per heavy atom. The first-order valence-corrected chi connectivity index (χ1v) is 6.61. The molecular formula is C14H18N2O5. The van der Waals surface area contributed by atoms with Gasteiger partial charge < -0.3 is 10.4 Å². The van der Waals surface area contributed by atoms with Crippen LogP contribution in [0, 0.1) is 10.1 Å². The van der Waals surface area contributed by atoms with E-state index in [-0.39, 0.29) is 18.0 Å². The molecule has 0 spiro atoms. The van der Waals surface area contributed by atoms with Crippen molar-refractivity contribution in [2.24, 2.45) is 0 Å². The molecule has 21 heavy (non-hydrogen) atoms. The Hall–Kier alpha value is -2.44. The van der Waals surface area contributed by atoms with Gasteiger partial charge in [0.1, 0.15) is 0 Å². The molecule has 2 unspecified atom stereocenters. The molecule has 0 heterocycles. The molecule has 0 aliphatic rings. The van der Waals surface area contributed by atoms with Crippen LogP contribution in [-0.4, -0.2) is 27.9 Å². The molecule has 1 amide bonds. The zero-order valence-corrected chi connectivity index (χ0v) is 11.9. The summed E-state index contributed by atoms with van der Waals surface area (Å²) in [5, 5.41) is 22.1. The summed E-state index contributed by atoms with van der Waals surface area (Å²) >= 11 is 0. The van der Waals surface area contributed by atoms with E-state index in [1.165, 1.54) is 18.2 Å². The molecule has 0 radical (unpaired) electrons. The largest absolute Gasteiger partial charge is 0.481 e. The van der Waals surface area contributed by atoms with Gasteiger partial charge in [0.25, 0.3) is 5.69 Å². The molecule has 7 heteroatoms. The summed E-state index contributed by atoms with van der Waals surface area (Å²) in [7, 11) is 0. The number of nitrogens with one attached hydrogen (secondary N) is 1. The lowest BCUT2D eigenvalue weighted by molar-refractivity contribution is -0.384. The fourth-order valence-electron chi connectivity index (χ4n) is 1.89. The van der Waals surface area contributed by atoms with E-state index in [1.54, 1.807) is 19.9 Å². The van der Waals surface area contributed by atoms with E-state index < -0.39 is 22.9 Å². The average Bonchev–Trinajstić information content (AvgIpc) is 2.45. The second-order valence-corrected chi connectivity index (χ2v) is 4.79. The number of non-ortho nitro benzene ring substituents is 1. The number of carboxylic acid groups (broad SMARTS) is 1. The third kappa shape index (κ3) is 4.87. The number of carboxylic acids is 1. The van der Waals surface area contributed by atoms with Crippen LogP contribution in [0.4, 0.5) is 5.69 Å². The fraction of sp³-hybridized carbons (Fsp3) is 0.429. The van der Waals surface area contributed by atoms with Gasteiger partial charge in [-0.05, 0) is 18.9 Å².